The highest BCUT2D eigenvalue weighted by atomic mass is 35.5. The summed E-state index contributed by atoms with van der Waals surface area (Å²) in [6.45, 7) is 4.61. The minimum atomic E-state index is -0.400. The molecule has 1 heterocycles. The molecule has 0 aliphatic carbocycles. The number of hydrogen-bond donors (Lipinski definition) is 1. The first kappa shape index (κ1) is 28.1. The summed E-state index contributed by atoms with van der Waals surface area (Å²) in [5, 5.41) is 10.8. The van der Waals surface area contributed by atoms with Gasteiger partial charge in [-0.25, -0.2) is 0 Å². The lowest BCUT2D eigenvalue weighted by atomic mass is 9.94. The summed E-state index contributed by atoms with van der Waals surface area (Å²) in [5.74, 6) is -0.532. The minimum Gasteiger partial charge on any atom is -0.394 e. The van der Waals surface area contributed by atoms with Gasteiger partial charge in [0.15, 0.2) is 0 Å². The number of nitrogens with zero attached hydrogens (tertiary/aromatic N) is 2. The van der Waals surface area contributed by atoms with Crippen LogP contribution in [0.15, 0.2) is 66.7 Å². The summed E-state index contributed by atoms with van der Waals surface area (Å²) in [7, 11) is 1.71. The molecule has 1 N–H and O–H groups in total. The third-order valence-electron chi connectivity index (χ3n) is 7.00. The minimum absolute atomic E-state index is 0.149. The van der Waals surface area contributed by atoms with Gasteiger partial charge in [-0.3, -0.25) is 9.59 Å². The maximum absolute atomic E-state index is 13.9. The lowest BCUT2D eigenvalue weighted by Gasteiger charge is -2.35. The van der Waals surface area contributed by atoms with E-state index in [1.165, 1.54) is 0 Å². The zero-order valence-electron chi connectivity index (χ0n) is 21.7. The molecule has 0 radical (unpaired) electrons. The molecule has 0 bridgehead atoms. The molecule has 2 amide bonds. The molecule has 0 unspecified atom stereocenters. The standard InChI is InChI=1S/C30H32Cl2N2O4/c1-19-15-34(20(2)17-35)30(37)27-11-7-6-10-26(27)25-9-5-4-8-21(25)18-38-28(19)16-33(3)29(36)22-12-23(31)14-24(32)13-22/h4-14,19-20,28,35H,15-18H2,1-3H3/t19-,20-,28-/m0/s1. The summed E-state index contributed by atoms with van der Waals surface area (Å²) >= 11 is 12.2. The number of benzene rings is 3. The lowest BCUT2D eigenvalue weighted by Crippen LogP contribution is -2.47. The Kier molecular flexibility index (Phi) is 9.11. The Bertz CT molecular complexity index is 1290. The molecule has 1 aliphatic rings. The molecule has 0 saturated carbocycles. The van der Waals surface area contributed by atoms with Crippen LogP contribution in [-0.4, -0.2) is 65.6 Å². The van der Waals surface area contributed by atoms with E-state index < -0.39 is 12.1 Å². The van der Waals surface area contributed by atoms with Crippen molar-refractivity contribution in [2.24, 2.45) is 5.92 Å². The van der Waals surface area contributed by atoms with Gasteiger partial charge in [0.1, 0.15) is 0 Å². The Morgan fingerprint density at radius 2 is 1.66 bits per heavy atom. The molecule has 8 heteroatoms. The number of ether oxygens (including phenoxy) is 1. The second-order valence-corrected chi connectivity index (χ2v) is 10.7. The number of carbonyl (C=O) groups excluding carboxylic acids is 2. The number of likely N-dealkylation sites (N-methyl/N-ethyl adjacent to an activating group) is 1. The van der Waals surface area contributed by atoms with E-state index in [0.717, 1.165) is 16.7 Å². The van der Waals surface area contributed by atoms with Gasteiger partial charge in [-0.15, -0.1) is 0 Å². The van der Waals surface area contributed by atoms with E-state index in [0.29, 0.717) is 34.3 Å². The topological polar surface area (TPSA) is 70.1 Å². The van der Waals surface area contributed by atoms with Gasteiger partial charge < -0.3 is 19.6 Å². The molecule has 0 aromatic heterocycles. The molecule has 38 heavy (non-hydrogen) atoms. The maximum atomic E-state index is 13.9. The average molecular weight is 556 g/mol. The van der Waals surface area contributed by atoms with Crippen LogP contribution < -0.4 is 0 Å². The van der Waals surface area contributed by atoms with Crippen LogP contribution in [0.3, 0.4) is 0 Å². The van der Waals surface area contributed by atoms with Crippen LogP contribution in [0.4, 0.5) is 0 Å². The summed E-state index contributed by atoms with van der Waals surface area (Å²) in [6.07, 6.45) is -0.394. The van der Waals surface area contributed by atoms with E-state index in [1.54, 1.807) is 35.0 Å². The molecular weight excluding hydrogens is 523 g/mol. The largest absolute Gasteiger partial charge is 0.394 e. The van der Waals surface area contributed by atoms with Crippen LogP contribution in [0.2, 0.25) is 10.0 Å². The number of rotatable bonds is 5. The van der Waals surface area contributed by atoms with Crippen molar-refractivity contribution in [1.29, 1.82) is 0 Å². The van der Waals surface area contributed by atoms with Crippen molar-refractivity contribution in [2.45, 2.75) is 32.6 Å². The van der Waals surface area contributed by atoms with E-state index in [4.69, 9.17) is 27.9 Å². The van der Waals surface area contributed by atoms with Gasteiger partial charge in [0.25, 0.3) is 11.8 Å². The fourth-order valence-electron chi connectivity index (χ4n) is 4.80. The Labute approximate surface area is 233 Å². The van der Waals surface area contributed by atoms with Crippen molar-refractivity contribution in [3.63, 3.8) is 0 Å². The fraction of sp³-hybridized carbons (Fsp3) is 0.333. The van der Waals surface area contributed by atoms with Gasteiger partial charge in [0, 0.05) is 47.2 Å². The van der Waals surface area contributed by atoms with Crippen molar-refractivity contribution in [3.8, 4) is 11.1 Å². The molecule has 6 nitrogen and oxygen atoms in total. The molecule has 1 aliphatic heterocycles. The number of aliphatic hydroxyl groups excluding tert-OH is 1. The predicted octanol–water partition coefficient (Wildman–Crippen LogP) is 5.79. The predicted molar refractivity (Wildman–Crippen MR) is 151 cm³/mol. The van der Waals surface area contributed by atoms with Gasteiger partial charge in [0.2, 0.25) is 0 Å². The van der Waals surface area contributed by atoms with Crippen LogP contribution in [0.1, 0.15) is 40.1 Å². The highest BCUT2D eigenvalue weighted by molar-refractivity contribution is 6.35. The lowest BCUT2D eigenvalue weighted by molar-refractivity contribution is -0.0209. The molecule has 0 saturated heterocycles. The van der Waals surface area contributed by atoms with Crippen LogP contribution in [0.25, 0.3) is 11.1 Å². The fourth-order valence-corrected chi connectivity index (χ4v) is 5.33. The number of halogens is 2. The Morgan fingerprint density at radius 1 is 1.05 bits per heavy atom. The Hall–Kier alpha value is -2.90. The van der Waals surface area contributed by atoms with Gasteiger partial charge >= 0.3 is 0 Å². The van der Waals surface area contributed by atoms with Crippen LogP contribution in [0.5, 0.6) is 0 Å². The summed E-state index contributed by atoms with van der Waals surface area (Å²) < 4.78 is 6.48. The van der Waals surface area contributed by atoms with Crippen molar-refractivity contribution >= 4 is 35.0 Å². The Morgan fingerprint density at radius 3 is 2.32 bits per heavy atom. The molecule has 200 valence electrons. The van der Waals surface area contributed by atoms with E-state index in [1.807, 2.05) is 62.4 Å². The van der Waals surface area contributed by atoms with E-state index in [2.05, 4.69) is 0 Å². The number of aliphatic hydroxyl groups is 1. The SMILES string of the molecule is C[C@H]1CN([C@@H](C)CO)C(=O)c2ccccc2-c2ccccc2CO[C@H]1CN(C)C(=O)c1cc(Cl)cc(Cl)c1. The normalized spacial score (nSPS) is 18.7. The first-order chi connectivity index (χ1) is 18.2. The van der Waals surface area contributed by atoms with Crippen LogP contribution >= 0.6 is 23.2 Å². The molecular formula is C30H32Cl2N2O4. The Balaban J connectivity index is 1.70. The summed E-state index contributed by atoms with van der Waals surface area (Å²) in [5.41, 5.74) is 3.66. The van der Waals surface area contributed by atoms with Gasteiger partial charge in [-0.05, 0) is 47.9 Å². The summed E-state index contributed by atoms with van der Waals surface area (Å²) in [4.78, 5) is 30.4. The smallest absolute Gasteiger partial charge is 0.254 e. The number of fused-ring (bicyclic) bond motifs is 3. The second-order valence-electron chi connectivity index (χ2n) is 9.86. The quantitative estimate of drug-likeness (QED) is 0.433. The van der Waals surface area contributed by atoms with E-state index >= 15 is 0 Å². The maximum Gasteiger partial charge on any atom is 0.254 e. The molecule has 0 spiro atoms. The number of carbonyl (C=O) groups is 2. The first-order valence-electron chi connectivity index (χ1n) is 12.6. The van der Waals surface area contributed by atoms with Crippen molar-refractivity contribution in [2.75, 3.05) is 26.7 Å². The van der Waals surface area contributed by atoms with E-state index in [-0.39, 0.29) is 30.9 Å². The third-order valence-corrected chi connectivity index (χ3v) is 7.44. The molecule has 3 atom stereocenters. The van der Waals surface area contributed by atoms with Crippen molar-refractivity contribution < 1.29 is 19.4 Å². The summed E-state index contributed by atoms with van der Waals surface area (Å²) in [6, 6.07) is 19.8. The zero-order valence-corrected chi connectivity index (χ0v) is 23.2. The average Bonchev–Trinajstić information content (AvgIpc) is 2.93. The van der Waals surface area contributed by atoms with Crippen LogP contribution in [-0.2, 0) is 11.3 Å². The third kappa shape index (κ3) is 6.21. The van der Waals surface area contributed by atoms with Gasteiger partial charge in [-0.2, -0.15) is 0 Å². The second kappa shape index (κ2) is 12.3. The van der Waals surface area contributed by atoms with Gasteiger partial charge in [0.05, 0.1) is 25.4 Å². The zero-order chi connectivity index (χ0) is 27.4. The number of hydrogen-bond acceptors (Lipinski definition) is 4. The molecule has 4 rings (SSSR count). The molecule has 3 aromatic rings. The van der Waals surface area contributed by atoms with Gasteiger partial charge in [-0.1, -0.05) is 72.6 Å². The highest BCUT2D eigenvalue weighted by Crippen LogP contribution is 2.31. The van der Waals surface area contributed by atoms with Crippen molar-refractivity contribution in [3.05, 3.63) is 93.5 Å². The highest BCUT2D eigenvalue weighted by Gasteiger charge is 2.31. The van der Waals surface area contributed by atoms with Crippen molar-refractivity contribution in [1.82, 2.24) is 9.80 Å². The number of amides is 2. The monoisotopic (exact) mass is 554 g/mol. The first-order valence-corrected chi connectivity index (χ1v) is 13.4. The molecule has 3 aromatic carbocycles. The van der Waals surface area contributed by atoms with Crippen LogP contribution in [0, 0.1) is 5.92 Å². The molecule has 0 fully saturated rings. The van der Waals surface area contributed by atoms with E-state index in [9.17, 15) is 14.7 Å².